The van der Waals surface area contributed by atoms with E-state index in [1.54, 1.807) is 24.9 Å². The quantitative estimate of drug-likeness (QED) is 0.200. The highest BCUT2D eigenvalue weighted by Gasteiger charge is 2.71. The van der Waals surface area contributed by atoms with Crippen molar-refractivity contribution in [2.75, 3.05) is 27.2 Å². The van der Waals surface area contributed by atoms with Gasteiger partial charge in [-0.25, -0.2) is 0 Å². The predicted octanol–water partition coefficient (Wildman–Crippen LogP) is 8.29. The Morgan fingerprint density at radius 2 is 1.62 bits per heavy atom. The summed E-state index contributed by atoms with van der Waals surface area (Å²) in [5, 5.41) is 22.4. The number of aliphatic carboxylic acids is 1. The van der Waals surface area contributed by atoms with Crippen LogP contribution >= 0.6 is 0 Å². The fourth-order valence-electron chi connectivity index (χ4n) is 13.9. The highest BCUT2D eigenvalue weighted by molar-refractivity contribution is 6.01. The number of aliphatic hydroxyl groups excluding tert-OH is 1. The molecule has 10 nitrogen and oxygen atoms in total. The Hall–Kier alpha value is -3.11. The summed E-state index contributed by atoms with van der Waals surface area (Å²) in [6.45, 7) is 21.7. The zero-order chi connectivity index (χ0) is 43.0. The minimum absolute atomic E-state index is 0.0113. The van der Waals surface area contributed by atoms with Crippen molar-refractivity contribution in [3.05, 3.63) is 41.2 Å². The SMILES string of the molecule is CC(C)C1=C2C3CCC4C5(C)CCC(OC(=O)CC(C)(C)C(=O)O)C(C)(C)C5CCC4(C)C3(C)CCC2(C(O)CN(C(=O)CN(C)C)C(C)c2ccccn2)CC1=O. The van der Waals surface area contributed by atoms with Crippen LogP contribution in [0, 0.1) is 56.2 Å². The lowest BCUT2D eigenvalue weighted by Crippen LogP contribution is -2.66. The van der Waals surface area contributed by atoms with Crippen LogP contribution in [0.3, 0.4) is 0 Å². The highest BCUT2D eigenvalue weighted by atomic mass is 16.5. The molecule has 0 radical (unpaired) electrons. The Morgan fingerprint density at radius 1 is 0.931 bits per heavy atom. The summed E-state index contributed by atoms with van der Waals surface area (Å²) >= 11 is 0. The molecule has 0 spiro atoms. The van der Waals surface area contributed by atoms with E-state index in [0.29, 0.717) is 18.3 Å². The van der Waals surface area contributed by atoms with Crippen LogP contribution < -0.4 is 0 Å². The van der Waals surface area contributed by atoms with Crippen molar-refractivity contribution in [3.8, 4) is 0 Å². The molecule has 0 aromatic carbocycles. The molecule has 1 amide bonds. The van der Waals surface area contributed by atoms with Gasteiger partial charge >= 0.3 is 11.9 Å². The minimum atomic E-state index is -1.19. The number of ketones is 1. The molecule has 0 saturated heterocycles. The number of ether oxygens (including phenoxy) is 1. The van der Waals surface area contributed by atoms with Crippen LogP contribution in [0.4, 0.5) is 0 Å². The van der Waals surface area contributed by atoms with Crippen molar-refractivity contribution < 1.29 is 34.1 Å². The number of likely N-dealkylation sites (N-methyl/N-ethyl adjacent to an activating group) is 1. The van der Waals surface area contributed by atoms with Gasteiger partial charge in [-0.2, -0.15) is 0 Å². The Morgan fingerprint density at radius 3 is 2.22 bits per heavy atom. The van der Waals surface area contributed by atoms with Gasteiger partial charge in [-0.1, -0.05) is 60.1 Å². The van der Waals surface area contributed by atoms with E-state index < -0.39 is 28.9 Å². The summed E-state index contributed by atoms with van der Waals surface area (Å²) in [6, 6.07) is 5.36. The number of rotatable bonds is 12. The van der Waals surface area contributed by atoms with E-state index in [0.717, 1.165) is 56.2 Å². The number of amides is 1. The van der Waals surface area contributed by atoms with Crippen LogP contribution in [0.25, 0.3) is 0 Å². The number of Topliss-reactive ketones (excluding diaryl/α,β-unsaturated/α-hetero) is 1. The zero-order valence-electron chi connectivity index (χ0n) is 37.6. The number of allylic oxidation sites excluding steroid dienone is 1. The first kappa shape index (κ1) is 44.4. The first-order chi connectivity index (χ1) is 26.9. The third kappa shape index (κ3) is 7.07. The van der Waals surface area contributed by atoms with Gasteiger partial charge in [0.25, 0.3) is 0 Å². The second-order valence-corrected chi connectivity index (χ2v) is 21.8. The van der Waals surface area contributed by atoms with Gasteiger partial charge in [0.2, 0.25) is 5.91 Å². The monoisotopic (exact) mass is 804 g/mol. The minimum Gasteiger partial charge on any atom is -0.481 e. The lowest BCUT2D eigenvalue weighted by atomic mass is 9.33. The number of pyridine rings is 1. The molecule has 322 valence electrons. The molecular formula is C48H73N3O7. The number of carboxylic acid groups (broad SMARTS) is 1. The molecule has 4 fully saturated rings. The van der Waals surface area contributed by atoms with E-state index >= 15 is 0 Å². The summed E-state index contributed by atoms with van der Waals surface area (Å²) in [6.07, 6.45) is 7.97. The molecule has 0 aliphatic heterocycles. The molecule has 0 bridgehead atoms. The maximum Gasteiger partial charge on any atom is 0.309 e. The molecule has 4 saturated carbocycles. The number of hydrogen-bond acceptors (Lipinski definition) is 8. The second-order valence-electron chi connectivity index (χ2n) is 21.8. The van der Waals surface area contributed by atoms with E-state index in [9.17, 15) is 29.4 Å². The van der Waals surface area contributed by atoms with Gasteiger partial charge in [0.1, 0.15) is 6.10 Å². The van der Waals surface area contributed by atoms with E-state index in [2.05, 4.69) is 53.5 Å². The standard InChI is InChI=1S/C48H73N3O7/c1-29(2)40-33(52)25-48(36(53)27-51(38(54)28-50(11)12)30(3)32-15-13-14-24-49-32)23-22-46(9)31(41(40)48)16-17-35-45(8)20-19-37(58-39(55)26-43(4,5)42(56)57)44(6,7)34(45)18-21-47(35,46)10/h13-15,24,29-31,34-37,53H,16-23,25-28H2,1-12H3,(H,56,57). The fraction of sp³-hybridized carbons (Fsp3) is 0.771. The number of carboxylic acids is 1. The van der Waals surface area contributed by atoms with E-state index in [1.807, 2.05) is 44.1 Å². The van der Waals surface area contributed by atoms with Crippen LogP contribution in [0.1, 0.15) is 145 Å². The topological polar surface area (TPSA) is 137 Å². The maximum absolute atomic E-state index is 14.4. The smallest absolute Gasteiger partial charge is 0.309 e. The molecule has 6 rings (SSSR count). The molecule has 1 heterocycles. The first-order valence-corrected chi connectivity index (χ1v) is 22.1. The van der Waals surface area contributed by atoms with E-state index in [1.165, 1.54) is 5.57 Å². The van der Waals surface area contributed by atoms with Gasteiger partial charge in [-0.15, -0.1) is 0 Å². The van der Waals surface area contributed by atoms with Crippen molar-refractivity contribution in [2.45, 2.75) is 152 Å². The molecule has 10 atom stereocenters. The highest BCUT2D eigenvalue weighted by Crippen LogP contribution is 2.77. The summed E-state index contributed by atoms with van der Waals surface area (Å²) in [4.78, 5) is 61.5. The average Bonchev–Trinajstić information content (AvgIpc) is 3.44. The van der Waals surface area contributed by atoms with Gasteiger partial charge in [-0.3, -0.25) is 24.2 Å². The summed E-state index contributed by atoms with van der Waals surface area (Å²) < 4.78 is 6.18. The van der Waals surface area contributed by atoms with Crippen molar-refractivity contribution in [1.29, 1.82) is 0 Å². The third-order valence-electron chi connectivity index (χ3n) is 17.2. The van der Waals surface area contributed by atoms with Crippen LogP contribution in [-0.4, -0.2) is 88.0 Å². The molecule has 2 N–H and O–H groups in total. The van der Waals surface area contributed by atoms with Crippen LogP contribution in [0.5, 0.6) is 0 Å². The molecule has 5 aliphatic rings. The van der Waals surface area contributed by atoms with Crippen LogP contribution in [0.2, 0.25) is 0 Å². The molecule has 1 aromatic heterocycles. The molecule has 5 aliphatic carbocycles. The second kappa shape index (κ2) is 15.4. The molecule has 1 aromatic rings. The van der Waals surface area contributed by atoms with E-state index in [-0.39, 0.29) is 83.3 Å². The van der Waals surface area contributed by atoms with Crippen molar-refractivity contribution in [1.82, 2.24) is 14.8 Å². The number of aromatic nitrogens is 1. The lowest BCUT2D eigenvalue weighted by molar-refractivity contribution is -0.235. The fourth-order valence-corrected chi connectivity index (χ4v) is 13.9. The van der Waals surface area contributed by atoms with Crippen LogP contribution in [0.15, 0.2) is 35.5 Å². The number of aliphatic hydroxyl groups is 1. The molecule has 58 heavy (non-hydrogen) atoms. The summed E-state index contributed by atoms with van der Waals surface area (Å²) in [5.74, 6) is -0.443. The lowest BCUT2D eigenvalue weighted by Gasteiger charge is -2.72. The van der Waals surface area contributed by atoms with Crippen molar-refractivity contribution >= 4 is 23.6 Å². The molecule has 10 unspecified atom stereocenters. The Labute approximate surface area is 347 Å². The number of fused-ring (bicyclic) bond motifs is 7. The van der Waals surface area contributed by atoms with Gasteiger partial charge in [0.15, 0.2) is 5.78 Å². The predicted molar refractivity (Wildman–Crippen MR) is 224 cm³/mol. The van der Waals surface area contributed by atoms with Gasteiger partial charge in [0.05, 0.1) is 36.2 Å². The number of hydrogen-bond donors (Lipinski definition) is 2. The maximum atomic E-state index is 14.4. The van der Waals surface area contributed by atoms with Crippen molar-refractivity contribution in [2.24, 2.45) is 56.2 Å². The van der Waals surface area contributed by atoms with Crippen molar-refractivity contribution in [3.63, 3.8) is 0 Å². The van der Waals surface area contributed by atoms with Gasteiger partial charge < -0.3 is 24.7 Å². The normalized spacial score (nSPS) is 35.4. The Kier molecular flexibility index (Phi) is 11.8. The average molecular weight is 804 g/mol. The van der Waals surface area contributed by atoms with Gasteiger partial charge in [-0.05, 0) is 144 Å². The number of esters is 1. The Bertz CT molecular complexity index is 1800. The molecular weight excluding hydrogens is 731 g/mol. The number of carbonyl (C=O) groups excluding carboxylic acids is 3. The van der Waals surface area contributed by atoms with Crippen LogP contribution in [-0.2, 0) is 23.9 Å². The number of carbonyl (C=O) groups is 4. The van der Waals surface area contributed by atoms with E-state index in [4.69, 9.17) is 4.74 Å². The number of nitrogens with zero attached hydrogens (tertiary/aromatic N) is 3. The summed E-state index contributed by atoms with van der Waals surface area (Å²) in [5.41, 5.74) is 0.549. The van der Waals surface area contributed by atoms with Gasteiger partial charge in [0, 0.05) is 30.0 Å². The first-order valence-electron chi connectivity index (χ1n) is 22.1. The zero-order valence-corrected chi connectivity index (χ0v) is 37.6. The largest absolute Gasteiger partial charge is 0.481 e. The third-order valence-corrected chi connectivity index (χ3v) is 17.2. The molecule has 10 heteroatoms. The Balaban J connectivity index is 1.31. The summed E-state index contributed by atoms with van der Waals surface area (Å²) in [7, 11) is 3.75.